The van der Waals surface area contributed by atoms with Crippen molar-refractivity contribution in [3.63, 3.8) is 0 Å². The van der Waals surface area contributed by atoms with Crippen LogP contribution in [0.25, 0.3) is 5.69 Å². The van der Waals surface area contributed by atoms with Crippen LogP contribution in [0.3, 0.4) is 0 Å². The van der Waals surface area contributed by atoms with E-state index in [4.69, 9.17) is 0 Å². The Balaban J connectivity index is 1.91. The van der Waals surface area contributed by atoms with E-state index >= 15 is 0 Å². The van der Waals surface area contributed by atoms with Crippen molar-refractivity contribution in [2.24, 2.45) is 0 Å². The van der Waals surface area contributed by atoms with Crippen LogP contribution in [0.2, 0.25) is 0 Å². The standard InChI is InChI=1S/C18H18N4O2/c1-12-5-3-4-6-17(12)22-13(2)15(9-20-22)18(24)21-16-10-19-8-7-14(16)11-23/h3-10,23H,11H2,1-2H3,(H,21,24). The number of hydrogen-bond donors (Lipinski definition) is 2. The predicted molar refractivity (Wildman–Crippen MR) is 91.2 cm³/mol. The van der Waals surface area contributed by atoms with Crippen molar-refractivity contribution in [2.45, 2.75) is 20.5 Å². The van der Waals surface area contributed by atoms with E-state index in [9.17, 15) is 9.90 Å². The first-order valence-electron chi connectivity index (χ1n) is 7.57. The number of pyridine rings is 1. The van der Waals surface area contributed by atoms with Crippen molar-refractivity contribution < 1.29 is 9.90 Å². The van der Waals surface area contributed by atoms with Crippen LogP contribution in [0.5, 0.6) is 0 Å². The van der Waals surface area contributed by atoms with Crippen molar-refractivity contribution in [3.8, 4) is 5.69 Å². The fourth-order valence-corrected chi connectivity index (χ4v) is 2.54. The number of aromatic nitrogens is 3. The first-order valence-corrected chi connectivity index (χ1v) is 7.57. The molecule has 0 unspecified atom stereocenters. The van der Waals surface area contributed by atoms with E-state index in [1.165, 1.54) is 6.20 Å². The highest BCUT2D eigenvalue weighted by Crippen LogP contribution is 2.19. The fraction of sp³-hybridized carbons (Fsp3) is 0.167. The Morgan fingerprint density at radius 1 is 1.21 bits per heavy atom. The van der Waals surface area contributed by atoms with E-state index < -0.39 is 0 Å². The van der Waals surface area contributed by atoms with Gasteiger partial charge >= 0.3 is 0 Å². The summed E-state index contributed by atoms with van der Waals surface area (Å²) in [5.74, 6) is -0.282. The van der Waals surface area contributed by atoms with Crippen LogP contribution >= 0.6 is 0 Å². The summed E-state index contributed by atoms with van der Waals surface area (Å²) in [5, 5.41) is 16.5. The summed E-state index contributed by atoms with van der Waals surface area (Å²) in [6.07, 6.45) is 4.64. The third-order valence-electron chi connectivity index (χ3n) is 3.93. The first kappa shape index (κ1) is 15.9. The highest BCUT2D eigenvalue weighted by atomic mass is 16.3. The molecule has 0 atom stereocenters. The Kier molecular flexibility index (Phi) is 4.39. The van der Waals surface area contributed by atoms with Crippen molar-refractivity contribution in [3.05, 3.63) is 71.3 Å². The van der Waals surface area contributed by atoms with Gasteiger partial charge in [-0.15, -0.1) is 0 Å². The van der Waals surface area contributed by atoms with Gasteiger partial charge < -0.3 is 10.4 Å². The molecule has 1 aromatic carbocycles. The molecular weight excluding hydrogens is 304 g/mol. The SMILES string of the molecule is Cc1ccccc1-n1ncc(C(=O)Nc2cnccc2CO)c1C. The second-order valence-corrected chi connectivity index (χ2v) is 5.49. The number of para-hydroxylation sites is 1. The lowest BCUT2D eigenvalue weighted by Gasteiger charge is -2.10. The van der Waals surface area contributed by atoms with Gasteiger partial charge in [0.05, 0.1) is 41.6 Å². The Labute approximate surface area is 139 Å². The Morgan fingerprint density at radius 3 is 2.75 bits per heavy atom. The minimum atomic E-state index is -0.282. The summed E-state index contributed by atoms with van der Waals surface area (Å²) < 4.78 is 1.75. The maximum Gasteiger partial charge on any atom is 0.259 e. The largest absolute Gasteiger partial charge is 0.392 e. The fourth-order valence-electron chi connectivity index (χ4n) is 2.54. The Morgan fingerprint density at radius 2 is 2.00 bits per heavy atom. The maximum atomic E-state index is 12.6. The molecule has 0 spiro atoms. The molecule has 1 amide bonds. The van der Waals surface area contributed by atoms with Crippen molar-refractivity contribution in [1.29, 1.82) is 0 Å². The van der Waals surface area contributed by atoms with E-state index in [1.807, 2.05) is 38.1 Å². The van der Waals surface area contributed by atoms with Crippen LogP contribution < -0.4 is 5.32 Å². The van der Waals surface area contributed by atoms with Gasteiger partial charge in [-0.05, 0) is 31.5 Å². The highest BCUT2D eigenvalue weighted by molar-refractivity contribution is 6.05. The second kappa shape index (κ2) is 6.64. The molecule has 122 valence electrons. The molecule has 2 aromatic heterocycles. The number of aryl methyl sites for hydroxylation is 1. The van der Waals surface area contributed by atoms with E-state index in [0.717, 1.165) is 16.9 Å². The van der Waals surface area contributed by atoms with Crippen LogP contribution in [0.15, 0.2) is 48.9 Å². The molecule has 0 aliphatic heterocycles. The van der Waals surface area contributed by atoms with Gasteiger partial charge in [0.2, 0.25) is 0 Å². The molecule has 0 radical (unpaired) electrons. The van der Waals surface area contributed by atoms with Gasteiger partial charge in [0, 0.05) is 11.8 Å². The minimum Gasteiger partial charge on any atom is -0.392 e. The molecule has 0 fully saturated rings. The number of carbonyl (C=O) groups is 1. The number of nitrogens with zero attached hydrogens (tertiary/aromatic N) is 3. The summed E-state index contributed by atoms with van der Waals surface area (Å²) in [6.45, 7) is 3.68. The molecule has 2 heterocycles. The first-order chi connectivity index (χ1) is 11.6. The van der Waals surface area contributed by atoms with Gasteiger partial charge in [-0.25, -0.2) is 4.68 Å². The molecule has 6 heteroatoms. The third-order valence-corrected chi connectivity index (χ3v) is 3.93. The summed E-state index contributed by atoms with van der Waals surface area (Å²) in [7, 11) is 0. The Bertz CT molecular complexity index is 886. The molecule has 0 aliphatic carbocycles. The molecule has 24 heavy (non-hydrogen) atoms. The van der Waals surface area contributed by atoms with Gasteiger partial charge in [0.25, 0.3) is 5.91 Å². The number of anilines is 1. The lowest BCUT2D eigenvalue weighted by atomic mass is 10.2. The van der Waals surface area contributed by atoms with Crippen molar-refractivity contribution >= 4 is 11.6 Å². The number of rotatable bonds is 4. The molecular formula is C18H18N4O2. The van der Waals surface area contributed by atoms with Gasteiger partial charge in [0.15, 0.2) is 0 Å². The number of aliphatic hydroxyl groups is 1. The van der Waals surface area contributed by atoms with Crippen LogP contribution in [-0.2, 0) is 6.61 Å². The zero-order chi connectivity index (χ0) is 17.1. The number of amides is 1. The second-order valence-electron chi connectivity index (χ2n) is 5.49. The van der Waals surface area contributed by atoms with E-state index in [1.54, 1.807) is 23.1 Å². The average molecular weight is 322 g/mol. The van der Waals surface area contributed by atoms with Gasteiger partial charge in [-0.1, -0.05) is 18.2 Å². The molecule has 0 aliphatic rings. The maximum absolute atomic E-state index is 12.6. The molecule has 3 rings (SSSR count). The summed E-state index contributed by atoms with van der Waals surface area (Å²) in [5.41, 5.74) is 4.34. The van der Waals surface area contributed by atoms with Crippen LogP contribution in [0.4, 0.5) is 5.69 Å². The lowest BCUT2D eigenvalue weighted by molar-refractivity contribution is 0.102. The summed E-state index contributed by atoms with van der Waals surface area (Å²) >= 11 is 0. The smallest absolute Gasteiger partial charge is 0.259 e. The molecule has 0 saturated heterocycles. The summed E-state index contributed by atoms with van der Waals surface area (Å²) in [4.78, 5) is 16.5. The number of nitrogens with one attached hydrogen (secondary N) is 1. The summed E-state index contributed by atoms with van der Waals surface area (Å²) in [6, 6.07) is 9.52. The quantitative estimate of drug-likeness (QED) is 0.774. The normalized spacial score (nSPS) is 10.6. The highest BCUT2D eigenvalue weighted by Gasteiger charge is 2.17. The van der Waals surface area contributed by atoms with E-state index in [-0.39, 0.29) is 12.5 Å². The van der Waals surface area contributed by atoms with Crippen molar-refractivity contribution in [1.82, 2.24) is 14.8 Å². The van der Waals surface area contributed by atoms with Gasteiger partial charge in [-0.2, -0.15) is 5.10 Å². The van der Waals surface area contributed by atoms with Crippen LogP contribution in [0.1, 0.15) is 27.2 Å². The number of carbonyl (C=O) groups excluding carboxylic acids is 1. The van der Waals surface area contributed by atoms with Crippen molar-refractivity contribution in [2.75, 3.05) is 5.32 Å². The van der Waals surface area contributed by atoms with Gasteiger partial charge in [-0.3, -0.25) is 9.78 Å². The van der Waals surface area contributed by atoms with Gasteiger partial charge in [0.1, 0.15) is 0 Å². The zero-order valence-corrected chi connectivity index (χ0v) is 13.5. The molecule has 2 N–H and O–H groups in total. The monoisotopic (exact) mass is 322 g/mol. The van der Waals surface area contributed by atoms with Crippen LogP contribution in [-0.4, -0.2) is 25.8 Å². The molecule has 0 bridgehead atoms. The van der Waals surface area contributed by atoms with Crippen LogP contribution in [0, 0.1) is 13.8 Å². The minimum absolute atomic E-state index is 0.167. The molecule has 6 nitrogen and oxygen atoms in total. The topological polar surface area (TPSA) is 80.0 Å². The molecule has 0 saturated carbocycles. The third kappa shape index (κ3) is 2.91. The molecule has 3 aromatic rings. The number of hydrogen-bond acceptors (Lipinski definition) is 4. The number of aliphatic hydroxyl groups excluding tert-OH is 1. The lowest BCUT2D eigenvalue weighted by Crippen LogP contribution is -2.14. The predicted octanol–water partition coefficient (Wildman–Crippen LogP) is 2.63. The number of benzene rings is 1. The Hall–Kier alpha value is -2.99. The zero-order valence-electron chi connectivity index (χ0n) is 13.5. The average Bonchev–Trinajstić information content (AvgIpc) is 2.97. The van der Waals surface area contributed by atoms with E-state index in [0.29, 0.717) is 16.8 Å². The van der Waals surface area contributed by atoms with E-state index in [2.05, 4.69) is 15.4 Å².